The van der Waals surface area contributed by atoms with Crippen molar-refractivity contribution in [1.82, 2.24) is 5.43 Å². The molecule has 0 unspecified atom stereocenters. The van der Waals surface area contributed by atoms with Gasteiger partial charge in [-0.2, -0.15) is 0 Å². The molecule has 0 heterocycles. The lowest BCUT2D eigenvalue weighted by molar-refractivity contribution is 0.0953. The van der Waals surface area contributed by atoms with Gasteiger partial charge in [-0.15, -0.1) is 0 Å². The highest BCUT2D eigenvalue weighted by Gasteiger charge is 2.16. The van der Waals surface area contributed by atoms with Crippen molar-refractivity contribution < 1.29 is 4.79 Å². The Morgan fingerprint density at radius 1 is 1.33 bits per heavy atom. The van der Waals surface area contributed by atoms with E-state index in [0.717, 1.165) is 11.1 Å². The summed E-state index contributed by atoms with van der Waals surface area (Å²) in [5, 5.41) is 0. The number of carbonyl (C=O) groups is 1. The summed E-state index contributed by atoms with van der Waals surface area (Å²) in [5.74, 6) is 4.90. The normalized spacial score (nSPS) is 11.3. The zero-order chi connectivity index (χ0) is 11.6. The molecule has 3 nitrogen and oxygen atoms in total. The Morgan fingerprint density at radius 2 is 1.93 bits per heavy atom. The van der Waals surface area contributed by atoms with Gasteiger partial charge >= 0.3 is 0 Å². The lowest BCUT2D eigenvalue weighted by Crippen LogP contribution is -2.31. The Morgan fingerprint density at radius 3 is 2.40 bits per heavy atom. The molecule has 15 heavy (non-hydrogen) atoms. The van der Waals surface area contributed by atoms with Gasteiger partial charge < -0.3 is 0 Å². The van der Waals surface area contributed by atoms with Crippen LogP contribution in [0, 0.1) is 6.92 Å². The zero-order valence-electron chi connectivity index (χ0n) is 9.72. The fourth-order valence-electron chi connectivity index (χ4n) is 1.41. The van der Waals surface area contributed by atoms with E-state index in [-0.39, 0.29) is 11.3 Å². The van der Waals surface area contributed by atoms with Crippen molar-refractivity contribution in [2.24, 2.45) is 5.84 Å². The summed E-state index contributed by atoms with van der Waals surface area (Å²) in [4.78, 5) is 11.5. The summed E-state index contributed by atoms with van der Waals surface area (Å²) in [6, 6.07) is 5.89. The Kier molecular flexibility index (Phi) is 3.15. The van der Waals surface area contributed by atoms with E-state index in [4.69, 9.17) is 5.84 Å². The quantitative estimate of drug-likeness (QED) is 0.419. The highest BCUT2D eigenvalue weighted by atomic mass is 16.2. The molecule has 0 aliphatic carbocycles. The van der Waals surface area contributed by atoms with Crippen LogP contribution in [0.1, 0.15) is 42.3 Å². The van der Waals surface area contributed by atoms with Crippen molar-refractivity contribution in [2.45, 2.75) is 33.1 Å². The molecule has 3 heteroatoms. The van der Waals surface area contributed by atoms with Crippen molar-refractivity contribution in [1.29, 1.82) is 0 Å². The Hall–Kier alpha value is -1.35. The molecule has 3 N–H and O–H groups in total. The standard InChI is InChI=1S/C12H18N2O/c1-8-5-6-9(12(2,3)4)7-10(8)11(15)14-13/h5-7H,13H2,1-4H3,(H,14,15). The molecule has 0 atom stereocenters. The first-order valence-corrected chi connectivity index (χ1v) is 4.98. The monoisotopic (exact) mass is 206 g/mol. The van der Waals surface area contributed by atoms with Gasteiger partial charge in [0.1, 0.15) is 0 Å². The topological polar surface area (TPSA) is 55.1 Å². The van der Waals surface area contributed by atoms with Crippen LogP contribution in [-0.2, 0) is 5.41 Å². The number of hydrazine groups is 1. The minimum absolute atomic E-state index is 0.0390. The second-order valence-electron chi connectivity index (χ2n) is 4.75. The summed E-state index contributed by atoms with van der Waals surface area (Å²) in [5.41, 5.74) is 4.91. The van der Waals surface area contributed by atoms with E-state index in [1.165, 1.54) is 0 Å². The van der Waals surface area contributed by atoms with Gasteiger partial charge in [-0.1, -0.05) is 32.9 Å². The van der Waals surface area contributed by atoms with Gasteiger partial charge in [0.2, 0.25) is 0 Å². The van der Waals surface area contributed by atoms with Crippen LogP contribution < -0.4 is 11.3 Å². The zero-order valence-corrected chi connectivity index (χ0v) is 9.72. The molecular formula is C12H18N2O. The molecule has 0 spiro atoms. The van der Waals surface area contributed by atoms with Crippen LogP contribution in [0.3, 0.4) is 0 Å². The summed E-state index contributed by atoms with van der Waals surface area (Å²) < 4.78 is 0. The van der Waals surface area contributed by atoms with Gasteiger partial charge in [-0.25, -0.2) is 5.84 Å². The third-order valence-corrected chi connectivity index (χ3v) is 2.48. The number of nitrogens with one attached hydrogen (secondary N) is 1. The average molecular weight is 206 g/mol. The van der Waals surface area contributed by atoms with Crippen LogP contribution in [0.5, 0.6) is 0 Å². The maximum absolute atomic E-state index is 11.5. The van der Waals surface area contributed by atoms with Gasteiger partial charge in [-0.3, -0.25) is 10.2 Å². The second kappa shape index (κ2) is 4.03. The molecule has 0 bridgehead atoms. The van der Waals surface area contributed by atoms with Crippen LogP contribution in [0.2, 0.25) is 0 Å². The lowest BCUT2D eigenvalue weighted by atomic mass is 9.85. The van der Waals surface area contributed by atoms with Crippen molar-refractivity contribution in [3.05, 3.63) is 34.9 Å². The SMILES string of the molecule is Cc1ccc(C(C)(C)C)cc1C(=O)NN. The van der Waals surface area contributed by atoms with Crippen LogP contribution in [0.4, 0.5) is 0 Å². The molecule has 1 amide bonds. The molecule has 0 aliphatic heterocycles. The second-order valence-corrected chi connectivity index (χ2v) is 4.75. The van der Waals surface area contributed by atoms with Crippen LogP contribution in [0.25, 0.3) is 0 Å². The van der Waals surface area contributed by atoms with E-state index < -0.39 is 0 Å². The number of rotatable bonds is 1. The number of benzene rings is 1. The largest absolute Gasteiger partial charge is 0.290 e. The third-order valence-electron chi connectivity index (χ3n) is 2.48. The maximum atomic E-state index is 11.5. The molecule has 0 saturated carbocycles. The highest BCUT2D eigenvalue weighted by molar-refractivity contribution is 5.95. The molecule has 1 aromatic rings. The minimum Gasteiger partial charge on any atom is -0.290 e. The van der Waals surface area contributed by atoms with E-state index in [0.29, 0.717) is 5.56 Å². The molecule has 0 fully saturated rings. The first-order valence-electron chi connectivity index (χ1n) is 4.98. The maximum Gasteiger partial charge on any atom is 0.265 e. The van der Waals surface area contributed by atoms with E-state index in [1.54, 1.807) is 0 Å². The van der Waals surface area contributed by atoms with E-state index >= 15 is 0 Å². The smallest absolute Gasteiger partial charge is 0.265 e. The van der Waals surface area contributed by atoms with Crippen LogP contribution >= 0.6 is 0 Å². The first-order chi connectivity index (χ1) is 6.86. The van der Waals surface area contributed by atoms with E-state index in [2.05, 4.69) is 26.2 Å². The van der Waals surface area contributed by atoms with Crippen molar-refractivity contribution in [2.75, 3.05) is 0 Å². The molecular weight excluding hydrogens is 188 g/mol. The number of aryl methyl sites for hydroxylation is 1. The average Bonchev–Trinajstić information content (AvgIpc) is 2.15. The molecule has 1 aromatic carbocycles. The predicted octanol–water partition coefficient (Wildman–Crippen LogP) is 1.90. The van der Waals surface area contributed by atoms with Crippen LogP contribution in [-0.4, -0.2) is 5.91 Å². The Balaban J connectivity index is 3.23. The predicted molar refractivity (Wildman–Crippen MR) is 61.5 cm³/mol. The summed E-state index contributed by atoms with van der Waals surface area (Å²) in [6.07, 6.45) is 0. The molecule has 82 valence electrons. The van der Waals surface area contributed by atoms with Gasteiger partial charge in [0, 0.05) is 5.56 Å². The first kappa shape index (κ1) is 11.7. The van der Waals surface area contributed by atoms with Crippen molar-refractivity contribution in [3.63, 3.8) is 0 Å². The number of hydrogen-bond donors (Lipinski definition) is 2. The lowest BCUT2D eigenvalue weighted by Gasteiger charge is -2.20. The molecule has 0 radical (unpaired) electrons. The Labute approximate surface area is 90.6 Å². The van der Waals surface area contributed by atoms with E-state index in [1.807, 2.05) is 25.1 Å². The molecule has 0 saturated heterocycles. The number of amides is 1. The Bertz CT molecular complexity index is 378. The van der Waals surface area contributed by atoms with E-state index in [9.17, 15) is 4.79 Å². The number of nitrogen functional groups attached to an aromatic ring is 1. The van der Waals surface area contributed by atoms with Crippen molar-refractivity contribution >= 4 is 5.91 Å². The number of hydrogen-bond acceptors (Lipinski definition) is 2. The molecule has 1 rings (SSSR count). The fraction of sp³-hybridized carbons (Fsp3) is 0.417. The van der Waals surface area contributed by atoms with Gasteiger partial charge in [0.05, 0.1) is 0 Å². The fourth-order valence-corrected chi connectivity index (χ4v) is 1.41. The molecule has 0 aromatic heterocycles. The summed E-state index contributed by atoms with van der Waals surface area (Å²) >= 11 is 0. The molecule has 0 aliphatic rings. The van der Waals surface area contributed by atoms with Gasteiger partial charge in [0.25, 0.3) is 5.91 Å². The van der Waals surface area contributed by atoms with Gasteiger partial charge in [0.15, 0.2) is 0 Å². The van der Waals surface area contributed by atoms with Crippen molar-refractivity contribution in [3.8, 4) is 0 Å². The summed E-state index contributed by atoms with van der Waals surface area (Å²) in [7, 11) is 0. The number of nitrogens with two attached hydrogens (primary N) is 1. The summed E-state index contributed by atoms with van der Waals surface area (Å²) in [6.45, 7) is 8.24. The minimum atomic E-state index is -0.237. The number of carbonyl (C=O) groups excluding carboxylic acids is 1. The van der Waals surface area contributed by atoms with Gasteiger partial charge in [-0.05, 0) is 29.5 Å². The highest BCUT2D eigenvalue weighted by Crippen LogP contribution is 2.24. The third kappa shape index (κ3) is 2.57. The van der Waals surface area contributed by atoms with Crippen LogP contribution in [0.15, 0.2) is 18.2 Å².